The van der Waals surface area contributed by atoms with Crippen LogP contribution in [0.25, 0.3) is 0 Å². The fourth-order valence-electron chi connectivity index (χ4n) is 1.80. The molecule has 21 heavy (non-hydrogen) atoms. The molecule has 0 aliphatic carbocycles. The highest BCUT2D eigenvalue weighted by Gasteiger charge is 2.04. The number of benzene rings is 1. The van der Waals surface area contributed by atoms with Crippen LogP contribution < -0.4 is 10.6 Å². The monoisotopic (exact) mass is 445 g/mol. The molecule has 0 fully saturated rings. The number of nitrogens with one attached hydrogen (secondary N) is 2. The summed E-state index contributed by atoms with van der Waals surface area (Å²) in [4.78, 5) is 4.16. The van der Waals surface area contributed by atoms with Crippen LogP contribution in [0, 0.1) is 0 Å². The molecule has 120 valence electrons. The lowest BCUT2D eigenvalue weighted by molar-refractivity contribution is 0.179. The molecule has 7 heteroatoms. The average Bonchev–Trinajstić information content (AvgIpc) is 2.36. The third-order valence-electron chi connectivity index (χ3n) is 2.65. The van der Waals surface area contributed by atoms with Gasteiger partial charge in [-0.1, -0.05) is 23.2 Å². The number of rotatable bonds is 6. The van der Waals surface area contributed by atoms with Crippen molar-refractivity contribution in [1.29, 1.82) is 0 Å². The largest absolute Gasteiger partial charge is 0.383 e. The fourth-order valence-corrected chi connectivity index (χ4v) is 2.37. The van der Waals surface area contributed by atoms with Gasteiger partial charge < -0.3 is 15.4 Å². The van der Waals surface area contributed by atoms with Gasteiger partial charge in [0.2, 0.25) is 0 Å². The summed E-state index contributed by atoms with van der Waals surface area (Å²) >= 11 is 11.9. The molecule has 1 aromatic carbocycles. The van der Waals surface area contributed by atoms with Gasteiger partial charge in [-0.3, -0.25) is 4.99 Å². The van der Waals surface area contributed by atoms with Gasteiger partial charge >= 0.3 is 0 Å². The van der Waals surface area contributed by atoms with Gasteiger partial charge in [0.05, 0.1) is 6.61 Å². The van der Waals surface area contributed by atoms with Crippen LogP contribution in [0.4, 0.5) is 0 Å². The molecule has 0 aromatic heterocycles. The van der Waals surface area contributed by atoms with Crippen molar-refractivity contribution in [3.05, 3.63) is 33.8 Å². The smallest absolute Gasteiger partial charge is 0.191 e. The Morgan fingerprint density at radius 2 is 1.90 bits per heavy atom. The molecular formula is C14H22Cl2IN3O. The molecule has 0 aliphatic heterocycles. The first kappa shape index (κ1) is 20.8. The zero-order valence-electron chi connectivity index (χ0n) is 12.5. The summed E-state index contributed by atoms with van der Waals surface area (Å²) < 4.78 is 5.07. The Bertz CT molecular complexity index is 438. The molecule has 0 aliphatic rings. The van der Waals surface area contributed by atoms with Crippen molar-refractivity contribution in [2.75, 3.05) is 27.3 Å². The minimum absolute atomic E-state index is 0. The number of nitrogens with zero attached hydrogens (tertiary/aromatic N) is 1. The quantitative estimate of drug-likeness (QED) is 0.401. The molecule has 4 nitrogen and oxygen atoms in total. The third-order valence-corrected chi connectivity index (χ3v) is 3.09. The number of hydrogen-bond donors (Lipinski definition) is 2. The molecular weight excluding hydrogens is 424 g/mol. The van der Waals surface area contributed by atoms with Crippen molar-refractivity contribution in [1.82, 2.24) is 10.6 Å². The minimum Gasteiger partial charge on any atom is -0.383 e. The fraction of sp³-hybridized carbons (Fsp3) is 0.500. The van der Waals surface area contributed by atoms with E-state index in [2.05, 4.69) is 15.6 Å². The van der Waals surface area contributed by atoms with E-state index in [1.807, 2.05) is 19.1 Å². The summed E-state index contributed by atoms with van der Waals surface area (Å²) in [5.41, 5.74) is 1.09. The van der Waals surface area contributed by atoms with Gasteiger partial charge in [0.25, 0.3) is 0 Å². The Labute approximate surface area is 153 Å². The van der Waals surface area contributed by atoms with Crippen molar-refractivity contribution in [2.45, 2.75) is 19.4 Å². The number of ether oxygens (including phenoxy) is 1. The van der Waals surface area contributed by atoms with E-state index < -0.39 is 0 Å². The Hall–Kier alpha value is -0.240. The highest BCUT2D eigenvalue weighted by molar-refractivity contribution is 14.0. The molecule has 0 saturated carbocycles. The topological polar surface area (TPSA) is 45.7 Å². The van der Waals surface area contributed by atoms with Gasteiger partial charge in [0.15, 0.2) is 5.96 Å². The summed E-state index contributed by atoms with van der Waals surface area (Å²) in [6.07, 6.45) is 0.819. The molecule has 0 amide bonds. The highest BCUT2D eigenvalue weighted by atomic mass is 127. The molecule has 1 atom stereocenters. The summed E-state index contributed by atoms with van der Waals surface area (Å²) in [7, 11) is 3.42. The van der Waals surface area contributed by atoms with Crippen molar-refractivity contribution in [2.24, 2.45) is 4.99 Å². The van der Waals surface area contributed by atoms with Crippen LogP contribution >= 0.6 is 47.2 Å². The van der Waals surface area contributed by atoms with Crippen molar-refractivity contribution < 1.29 is 4.74 Å². The van der Waals surface area contributed by atoms with Crippen LogP contribution in [0.2, 0.25) is 10.0 Å². The van der Waals surface area contributed by atoms with Gasteiger partial charge in [-0.05, 0) is 37.1 Å². The lowest BCUT2D eigenvalue weighted by Gasteiger charge is -2.17. The first-order valence-corrected chi connectivity index (χ1v) is 7.22. The SMILES string of the molecule is CN=C(NCCc1cc(Cl)cc(Cl)c1)NC(C)COC.I. The van der Waals surface area contributed by atoms with Crippen LogP contribution in [0.5, 0.6) is 0 Å². The Balaban J connectivity index is 0.00000400. The molecule has 0 heterocycles. The molecule has 0 radical (unpaired) electrons. The predicted octanol–water partition coefficient (Wildman–Crippen LogP) is 3.35. The second-order valence-electron chi connectivity index (χ2n) is 4.53. The van der Waals surface area contributed by atoms with Gasteiger partial charge in [-0.25, -0.2) is 0 Å². The summed E-state index contributed by atoms with van der Waals surface area (Å²) in [5.74, 6) is 0.752. The molecule has 0 saturated heterocycles. The average molecular weight is 446 g/mol. The van der Waals surface area contributed by atoms with Gasteiger partial charge in [-0.15, -0.1) is 24.0 Å². The van der Waals surface area contributed by atoms with Gasteiger partial charge in [0, 0.05) is 36.8 Å². The minimum atomic E-state index is 0. The number of halogens is 3. The van der Waals surface area contributed by atoms with Crippen LogP contribution in [0.1, 0.15) is 12.5 Å². The van der Waals surface area contributed by atoms with Crippen LogP contribution in [-0.4, -0.2) is 39.3 Å². The van der Waals surface area contributed by atoms with Crippen LogP contribution in [0.3, 0.4) is 0 Å². The maximum atomic E-state index is 5.97. The maximum Gasteiger partial charge on any atom is 0.191 e. The zero-order chi connectivity index (χ0) is 15.0. The van der Waals surface area contributed by atoms with E-state index in [9.17, 15) is 0 Å². The highest BCUT2D eigenvalue weighted by Crippen LogP contribution is 2.19. The lowest BCUT2D eigenvalue weighted by Crippen LogP contribution is -2.44. The van der Waals surface area contributed by atoms with Gasteiger partial charge in [0.1, 0.15) is 0 Å². The Kier molecular flexibility index (Phi) is 11.2. The normalized spacial score (nSPS) is 12.5. The van der Waals surface area contributed by atoms with Crippen molar-refractivity contribution in [3.63, 3.8) is 0 Å². The van der Waals surface area contributed by atoms with E-state index in [0.29, 0.717) is 16.7 Å². The van der Waals surface area contributed by atoms with E-state index >= 15 is 0 Å². The standard InChI is InChI=1S/C14H21Cl2N3O.HI/c1-10(9-20-3)19-14(17-2)18-5-4-11-6-12(15)8-13(16)7-11;/h6-8,10H,4-5,9H2,1-3H3,(H2,17,18,19);1H. The number of guanidine groups is 1. The Morgan fingerprint density at radius 1 is 1.29 bits per heavy atom. The molecule has 1 aromatic rings. The van der Waals surface area contributed by atoms with Crippen molar-refractivity contribution >= 4 is 53.1 Å². The lowest BCUT2D eigenvalue weighted by atomic mass is 10.1. The first-order valence-electron chi connectivity index (χ1n) is 6.46. The zero-order valence-corrected chi connectivity index (χ0v) is 16.3. The number of methoxy groups -OCH3 is 1. The van der Waals surface area contributed by atoms with E-state index in [1.54, 1.807) is 20.2 Å². The van der Waals surface area contributed by atoms with E-state index in [0.717, 1.165) is 24.5 Å². The van der Waals surface area contributed by atoms with E-state index in [-0.39, 0.29) is 30.0 Å². The molecule has 0 bridgehead atoms. The van der Waals surface area contributed by atoms with E-state index in [4.69, 9.17) is 27.9 Å². The third kappa shape index (κ3) is 8.70. The predicted molar refractivity (Wildman–Crippen MR) is 101 cm³/mol. The number of aliphatic imine (C=N–C) groups is 1. The second-order valence-corrected chi connectivity index (χ2v) is 5.40. The molecule has 1 rings (SSSR count). The summed E-state index contributed by atoms with van der Waals surface area (Å²) in [5, 5.41) is 7.79. The molecule has 1 unspecified atom stereocenters. The summed E-state index contributed by atoms with van der Waals surface area (Å²) in [6.45, 7) is 3.41. The van der Waals surface area contributed by atoms with Gasteiger partial charge in [-0.2, -0.15) is 0 Å². The Morgan fingerprint density at radius 3 is 2.43 bits per heavy atom. The van der Waals surface area contributed by atoms with Crippen molar-refractivity contribution in [3.8, 4) is 0 Å². The molecule has 2 N–H and O–H groups in total. The summed E-state index contributed by atoms with van der Waals surface area (Å²) in [6, 6.07) is 5.76. The first-order chi connectivity index (χ1) is 9.55. The maximum absolute atomic E-state index is 5.97. The molecule has 0 spiro atoms. The van der Waals surface area contributed by atoms with Crippen LogP contribution in [0.15, 0.2) is 23.2 Å². The van der Waals surface area contributed by atoms with E-state index in [1.165, 1.54) is 0 Å². The van der Waals surface area contributed by atoms with Crippen LogP contribution in [-0.2, 0) is 11.2 Å². The second kappa shape index (κ2) is 11.3. The number of hydrogen-bond acceptors (Lipinski definition) is 2.